The Morgan fingerprint density at radius 2 is 2.28 bits per heavy atom. The molecule has 1 aliphatic heterocycles. The Morgan fingerprint density at radius 3 is 3.06 bits per heavy atom. The summed E-state index contributed by atoms with van der Waals surface area (Å²) in [6, 6.07) is 5.69. The summed E-state index contributed by atoms with van der Waals surface area (Å²) in [5.41, 5.74) is 11.2. The number of aliphatic hydroxyl groups excluding tert-OH is 2. The van der Waals surface area contributed by atoms with Gasteiger partial charge in [-0.05, 0) is 35.2 Å². The largest absolute Gasteiger partial charge is 0.390 e. The van der Waals surface area contributed by atoms with Gasteiger partial charge in [-0.25, -0.2) is 0 Å². The minimum absolute atomic E-state index is 0.125. The van der Waals surface area contributed by atoms with Crippen LogP contribution in [0.15, 0.2) is 23.3 Å². The van der Waals surface area contributed by atoms with Gasteiger partial charge in [0.15, 0.2) is 0 Å². The van der Waals surface area contributed by atoms with Crippen LogP contribution in [0.25, 0.3) is 10.4 Å². The van der Waals surface area contributed by atoms with Gasteiger partial charge in [0, 0.05) is 11.5 Å². The maximum atomic E-state index is 10.1. The average molecular weight is 248 g/mol. The molecule has 96 valence electrons. The van der Waals surface area contributed by atoms with E-state index in [-0.39, 0.29) is 6.54 Å². The molecule has 0 fully saturated rings. The number of hydrogen-bond acceptors (Lipinski definition) is 4. The number of nitrogens with one attached hydrogen (secondary N) is 1. The van der Waals surface area contributed by atoms with Crippen molar-refractivity contribution in [1.29, 1.82) is 0 Å². The van der Waals surface area contributed by atoms with Crippen molar-refractivity contribution in [3.63, 3.8) is 0 Å². The summed E-state index contributed by atoms with van der Waals surface area (Å²) in [5.74, 6) is 0. The van der Waals surface area contributed by atoms with Crippen LogP contribution >= 0.6 is 0 Å². The van der Waals surface area contributed by atoms with Crippen molar-refractivity contribution in [1.82, 2.24) is 5.32 Å². The fourth-order valence-electron chi connectivity index (χ4n) is 2.27. The number of benzene rings is 1. The number of rotatable bonds is 4. The standard InChI is InChI=1S/C12H16N4O2/c13-16-15-7-11(17)12(18)10-3-1-2-8-6-14-5-4-9(8)10/h1-3,11-12,14,17-18H,4-7H2. The molecule has 0 aromatic heterocycles. The molecule has 6 heteroatoms. The number of nitrogens with zero attached hydrogens (tertiary/aromatic N) is 3. The van der Waals surface area contributed by atoms with Gasteiger partial charge in [-0.3, -0.25) is 0 Å². The summed E-state index contributed by atoms with van der Waals surface area (Å²) in [5, 5.41) is 26.4. The Balaban J connectivity index is 2.24. The van der Waals surface area contributed by atoms with Crippen molar-refractivity contribution in [3.8, 4) is 0 Å². The molecule has 1 heterocycles. The van der Waals surface area contributed by atoms with Crippen molar-refractivity contribution in [2.24, 2.45) is 5.11 Å². The summed E-state index contributed by atoms with van der Waals surface area (Å²) < 4.78 is 0. The molecule has 0 saturated carbocycles. The molecule has 6 nitrogen and oxygen atoms in total. The highest BCUT2D eigenvalue weighted by atomic mass is 16.3. The summed E-state index contributed by atoms with van der Waals surface area (Å²) in [6.45, 7) is 1.52. The first-order chi connectivity index (χ1) is 8.74. The Morgan fingerprint density at radius 1 is 1.44 bits per heavy atom. The van der Waals surface area contributed by atoms with Crippen LogP contribution in [-0.2, 0) is 13.0 Å². The van der Waals surface area contributed by atoms with Crippen molar-refractivity contribution in [2.75, 3.05) is 13.1 Å². The molecule has 2 atom stereocenters. The molecule has 1 aromatic carbocycles. The molecular weight excluding hydrogens is 232 g/mol. The molecule has 0 spiro atoms. The maximum Gasteiger partial charge on any atom is 0.105 e. The first-order valence-corrected chi connectivity index (χ1v) is 5.92. The van der Waals surface area contributed by atoms with Crippen LogP contribution in [0.1, 0.15) is 22.8 Å². The first-order valence-electron chi connectivity index (χ1n) is 5.92. The predicted molar refractivity (Wildman–Crippen MR) is 66.8 cm³/mol. The van der Waals surface area contributed by atoms with Gasteiger partial charge >= 0.3 is 0 Å². The lowest BCUT2D eigenvalue weighted by molar-refractivity contribution is 0.0237. The zero-order valence-corrected chi connectivity index (χ0v) is 9.95. The van der Waals surface area contributed by atoms with Crippen LogP contribution in [0.4, 0.5) is 0 Å². The van der Waals surface area contributed by atoms with E-state index in [4.69, 9.17) is 5.53 Å². The van der Waals surface area contributed by atoms with Crippen molar-refractivity contribution in [3.05, 3.63) is 45.3 Å². The van der Waals surface area contributed by atoms with E-state index in [9.17, 15) is 10.2 Å². The van der Waals surface area contributed by atoms with Crippen LogP contribution in [0.5, 0.6) is 0 Å². The number of azide groups is 1. The molecule has 3 N–H and O–H groups in total. The number of hydrogen-bond donors (Lipinski definition) is 3. The predicted octanol–water partition coefficient (Wildman–Crippen LogP) is 1.04. The van der Waals surface area contributed by atoms with Crippen LogP contribution in [-0.4, -0.2) is 29.4 Å². The smallest absolute Gasteiger partial charge is 0.105 e. The highest BCUT2D eigenvalue weighted by Crippen LogP contribution is 2.26. The number of fused-ring (bicyclic) bond motifs is 1. The second kappa shape index (κ2) is 5.84. The highest BCUT2D eigenvalue weighted by Gasteiger charge is 2.22. The van der Waals surface area contributed by atoms with E-state index in [1.54, 1.807) is 0 Å². The Labute approximate surface area is 105 Å². The second-order valence-corrected chi connectivity index (χ2v) is 4.34. The molecule has 0 radical (unpaired) electrons. The minimum Gasteiger partial charge on any atom is -0.390 e. The van der Waals surface area contributed by atoms with E-state index in [0.29, 0.717) is 0 Å². The lowest BCUT2D eigenvalue weighted by atomic mass is 9.91. The first kappa shape index (κ1) is 12.9. The molecule has 0 amide bonds. The van der Waals surface area contributed by atoms with Gasteiger partial charge in [-0.1, -0.05) is 23.3 Å². The molecule has 0 bridgehead atoms. The van der Waals surface area contributed by atoms with Gasteiger partial charge in [-0.2, -0.15) is 0 Å². The van der Waals surface area contributed by atoms with Gasteiger partial charge in [0.2, 0.25) is 0 Å². The number of aliphatic hydroxyl groups is 2. The molecule has 1 aliphatic rings. The van der Waals surface area contributed by atoms with Gasteiger partial charge < -0.3 is 15.5 Å². The fraction of sp³-hybridized carbons (Fsp3) is 0.500. The van der Waals surface area contributed by atoms with Crippen LogP contribution < -0.4 is 5.32 Å². The normalized spacial score (nSPS) is 17.4. The highest BCUT2D eigenvalue weighted by molar-refractivity contribution is 5.38. The summed E-state index contributed by atoms with van der Waals surface area (Å²) >= 11 is 0. The third-order valence-corrected chi connectivity index (χ3v) is 3.19. The summed E-state index contributed by atoms with van der Waals surface area (Å²) in [6.07, 6.45) is -1.25. The van der Waals surface area contributed by atoms with Gasteiger partial charge in [0.25, 0.3) is 0 Å². The molecule has 0 aliphatic carbocycles. The van der Waals surface area contributed by atoms with Crippen LogP contribution in [0.2, 0.25) is 0 Å². The van der Waals surface area contributed by atoms with E-state index < -0.39 is 12.2 Å². The van der Waals surface area contributed by atoms with Gasteiger partial charge in [-0.15, -0.1) is 0 Å². The monoisotopic (exact) mass is 248 g/mol. The molecule has 1 aromatic rings. The average Bonchev–Trinajstić information content (AvgIpc) is 2.43. The molecule has 18 heavy (non-hydrogen) atoms. The summed E-state index contributed by atoms with van der Waals surface area (Å²) in [7, 11) is 0. The van der Waals surface area contributed by atoms with Crippen LogP contribution in [0.3, 0.4) is 0 Å². The van der Waals surface area contributed by atoms with Crippen molar-refractivity contribution in [2.45, 2.75) is 25.2 Å². The topological polar surface area (TPSA) is 101 Å². The minimum atomic E-state index is -1.07. The lowest BCUT2D eigenvalue weighted by Crippen LogP contribution is -2.28. The van der Waals surface area contributed by atoms with E-state index in [1.165, 1.54) is 0 Å². The molecule has 0 saturated heterocycles. The zero-order chi connectivity index (χ0) is 13.0. The van der Waals surface area contributed by atoms with Crippen molar-refractivity contribution >= 4 is 0 Å². The fourth-order valence-corrected chi connectivity index (χ4v) is 2.27. The van der Waals surface area contributed by atoms with Gasteiger partial charge in [0.1, 0.15) is 6.10 Å². The van der Waals surface area contributed by atoms with E-state index in [2.05, 4.69) is 15.3 Å². The van der Waals surface area contributed by atoms with E-state index >= 15 is 0 Å². The quantitative estimate of drug-likeness (QED) is 0.421. The zero-order valence-electron chi connectivity index (χ0n) is 9.95. The van der Waals surface area contributed by atoms with E-state index in [0.717, 1.165) is 36.2 Å². The van der Waals surface area contributed by atoms with Gasteiger partial charge in [0.05, 0.1) is 12.6 Å². The third kappa shape index (κ3) is 2.63. The second-order valence-electron chi connectivity index (χ2n) is 4.34. The Bertz CT molecular complexity index is 471. The molecular formula is C12H16N4O2. The SMILES string of the molecule is [N-]=[N+]=NCC(O)C(O)c1cccc2c1CCNC2. The molecule has 2 unspecified atom stereocenters. The van der Waals surface area contributed by atoms with Crippen molar-refractivity contribution < 1.29 is 10.2 Å². The van der Waals surface area contributed by atoms with E-state index in [1.807, 2.05) is 18.2 Å². The Hall–Kier alpha value is -1.59. The maximum absolute atomic E-state index is 10.1. The third-order valence-electron chi connectivity index (χ3n) is 3.19. The summed E-state index contributed by atoms with van der Waals surface area (Å²) in [4.78, 5) is 2.58. The van der Waals surface area contributed by atoms with Crippen LogP contribution in [0, 0.1) is 0 Å². The molecule has 2 rings (SSSR count). The lowest BCUT2D eigenvalue weighted by Gasteiger charge is -2.24. The Kier molecular flexibility index (Phi) is 4.17.